The highest BCUT2D eigenvalue weighted by Crippen LogP contribution is 2.57. The fourth-order valence-corrected chi connectivity index (χ4v) is 5.26. The molecule has 3 heteroatoms. The van der Waals surface area contributed by atoms with Gasteiger partial charge in [0.2, 0.25) is 5.88 Å². The second kappa shape index (κ2) is 3.87. The number of ketones is 1. The van der Waals surface area contributed by atoms with Crippen molar-refractivity contribution in [1.82, 2.24) is 0 Å². The first-order chi connectivity index (χ1) is 9.11. The summed E-state index contributed by atoms with van der Waals surface area (Å²) in [5, 5.41) is 0. The van der Waals surface area contributed by atoms with Crippen LogP contribution in [-0.4, -0.2) is 5.78 Å². The van der Waals surface area contributed by atoms with Gasteiger partial charge in [-0.25, -0.2) is 0 Å². The molecule has 1 heterocycles. The summed E-state index contributed by atoms with van der Waals surface area (Å²) < 4.78 is 5.34. The van der Waals surface area contributed by atoms with E-state index in [9.17, 15) is 4.79 Å². The molecule has 3 nitrogen and oxygen atoms in total. The Balaban J connectivity index is 1.65. The van der Waals surface area contributed by atoms with E-state index in [1.54, 1.807) is 0 Å². The number of anilines is 1. The Hall–Kier alpha value is -1.25. The quantitative estimate of drug-likeness (QED) is 0.828. The molecule has 4 aliphatic carbocycles. The average molecular weight is 259 g/mol. The molecule has 0 radical (unpaired) electrons. The first kappa shape index (κ1) is 11.6. The van der Waals surface area contributed by atoms with Crippen molar-refractivity contribution in [2.24, 2.45) is 29.6 Å². The highest BCUT2D eigenvalue weighted by molar-refractivity contribution is 6.02. The first-order valence-electron chi connectivity index (χ1n) is 7.52. The summed E-state index contributed by atoms with van der Waals surface area (Å²) in [5.74, 6) is 4.54. The Kier molecular flexibility index (Phi) is 2.36. The molecule has 5 rings (SSSR count). The highest BCUT2D eigenvalue weighted by Gasteiger charge is 2.51. The van der Waals surface area contributed by atoms with E-state index in [-0.39, 0.29) is 11.7 Å². The van der Waals surface area contributed by atoms with E-state index in [0.29, 0.717) is 23.3 Å². The van der Waals surface area contributed by atoms with E-state index in [4.69, 9.17) is 10.2 Å². The third kappa shape index (κ3) is 1.67. The maximum absolute atomic E-state index is 12.8. The fraction of sp³-hybridized carbons (Fsp3) is 0.688. The maximum atomic E-state index is 12.8. The Bertz CT molecular complexity index is 503. The minimum absolute atomic E-state index is 0.215. The van der Waals surface area contributed by atoms with Gasteiger partial charge in [-0.1, -0.05) is 0 Å². The van der Waals surface area contributed by atoms with Gasteiger partial charge in [-0.2, -0.15) is 0 Å². The second-order valence-corrected chi connectivity index (χ2v) is 6.96. The number of nitrogens with two attached hydrogens (primary N) is 1. The van der Waals surface area contributed by atoms with Gasteiger partial charge < -0.3 is 10.2 Å². The molecular weight excluding hydrogens is 238 g/mol. The predicted molar refractivity (Wildman–Crippen MR) is 72.7 cm³/mol. The largest absolute Gasteiger partial charge is 0.445 e. The van der Waals surface area contributed by atoms with E-state index in [1.165, 1.54) is 32.1 Å². The molecule has 4 saturated carbocycles. The van der Waals surface area contributed by atoms with E-state index in [1.807, 2.05) is 13.0 Å². The standard InChI is InChI=1S/C16H21NO2/c1-8-2-13(16(17)19-8)15(18)14-11-4-9-3-10(6-11)7-12(14)5-9/h2,9-12,14H,3-7,17H2,1H3. The molecule has 1 aromatic heterocycles. The molecule has 19 heavy (non-hydrogen) atoms. The Morgan fingerprint density at radius 1 is 1.16 bits per heavy atom. The number of rotatable bonds is 2. The Morgan fingerprint density at radius 3 is 2.21 bits per heavy atom. The molecule has 4 bridgehead atoms. The van der Waals surface area contributed by atoms with Crippen LogP contribution in [0.1, 0.15) is 48.2 Å². The zero-order chi connectivity index (χ0) is 13.1. The second-order valence-electron chi connectivity index (χ2n) is 6.96. The van der Waals surface area contributed by atoms with Gasteiger partial charge in [-0.05, 0) is 68.8 Å². The van der Waals surface area contributed by atoms with Gasteiger partial charge in [-0.3, -0.25) is 4.79 Å². The van der Waals surface area contributed by atoms with E-state index in [0.717, 1.165) is 17.6 Å². The molecule has 0 unspecified atom stereocenters. The number of Topliss-reactive ketones (excluding diaryl/α,β-unsaturated/α-hetero) is 1. The maximum Gasteiger partial charge on any atom is 0.201 e. The van der Waals surface area contributed by atoms with E-state index >= 15 is 0 Å². The van der Waals surface area contributed by atoms with Crippen LogP contribution in [0, 0.1) is 36.5 Å². The Labute approximate surface area is 113 Å². The summed E-state index contributed by atoms with van der Waals surface area (Å²) >= 11 is 0. The summed E-state index contributed by atoms with van der Waals surface area (Å²) in [6, 6.07) is 1.82. The lowest BCUT2D eigenvalue weighted by Crippen LogP contribution is -2.48. The van der Waals surface area contributed by atoms with Crippen LogP contribution < -0.4 is 5.73 Å². The van der Waals surface area contributed by atoms with Crippen molar-refractivity contribution < 1.29 is 9.21 Å². The normalized spacial score (nSPS) is 39.7. The minimum atomic E-state index is 0.215. The monoisotopic (exact) mass is 259 g/mol. The van der Waals surface area contributed by atoms with Gasteiger partial charge in [0.05, 0.1) is 5.56 Å². The summed E-state index contributed by atoms with van der Waals surface area (Å²) in [6.45, 7) is 1.85. The zero-order valence-electron chi connectivity index (χ0n) is 11.4. The van der Waals surface area contributed by atoms with Crippen LogP contribution in [0.2, 0.25) is 0 Å². The van der Waals surface area contributed by atoms with Crippen molar-refractivity contribution in [1.29, 1.82) is 0 Å². The number of carbonyl (C=O) groups is 1. The topological polar surface area (TPSA) is 56.2 Å². The van der Waals surface area contributed by atoms with Crippen LogP contribution in [0.4, 0.5) is 5.88 Å². The number of furan rings is 1. The molecule has 1 aromatic rings. The number of aryl methyl sites for hydroxylation is 1. The molecule has 2 N–H and O–H groups in total. The first-order valence-corrected chi connectivity index (χ1v) is 7.52. The smallest absolute Gasteiger partial charge is 0.201 e. The average Bonchev–Trinajstić information content (AvgIpc) is 2.66. The van der Waals surface area contributed by atoms with Gasteiger partial charge in [0, 0.05) is 5.92 Å². The van der Waals surface area contributed by atoms with Crippen LogP contribution in [0.15, 0.2) is 10.5 Å². The molecule has 0 amide bonds. The molecule has 102 valence electrons. The summed E-state index contributed by atoms with van der Waals surface area (Å²) in [6.07, 6.45) is 6.47. The van der Waals surface area contributed by atoms with Crippen molar-refractivity contribution >= 4 is 11.7 Å². The number of carbonyl (C=O) groups excluding carboxylic acids is 1. The number of hydrogen-bond donors (Lipinski definition) is 1. The number of nitrogen functional groups attached to an aromatic ring is 1. The van der Waals surface area contributed by atoms with Crippen LogP contribution in [0.3, 0.4) is 0 Å². The van der Waals surface area contributed by atoms with Crippen LogP contribution >= 0.6 is 0 Å². The lowest BCUT2D eigenvalue weighted by atomic mass is 9.51. The Morgan fingerprint density at radius 2 is 1.74 bits per heavy atom. The summed E-state index contributed by atoms with van der Waals surface area (Å²) in [7, 11) is 0. The van der Waals surface area contributed by atoms with Gasteiger partial charge in [0.1, 0.15) is 5.76 Å². The summed E-state index contributed by atoms with van der Waals surface area (Å²) in [5.41, 5.74) is 6.48. The van der Waals surface area contributed by atoms with Crippen molar-refractivity contribution in [2.45, 2.75) is 39.0 Å². The van der Waals surface area contributed by atoms with Crippen LogP contribution in [-0.2, 0) is 0 Å². The lowest BCUT2D eigenvalue weighted by Gasteiger charge is -2.53. The minimum Gasteiger partial charge on any atom is -0.445 e. The van der Waals surface area contributed by atoms with Gasteiger partial charge in [-0.15, -0.1) is 0 Å². The molecule has 4 fully saturated rings. The van der Waals surface area contributed by atoms with E-state index in [2.05, 4.69) is 0 Å². The SMILES string of the molecule is Cc1cc(C(=O)C2C3CC4CC(C3)CC2C4)c(N)o1. The number of hydrogen-bond acceptors (Lipinski definition) is 3. The van der Waals surface area contributed by atoms with E-state index < -0.39 is 0 Å². The third-order valence-corrected chi connectivity index (χ3v) is 5.68. The predicted octanol–water partition coefficient (Wildman–Crippen LogP) is 3.43. The van der Waals surface area contributed by atoms with Crippen molar-refractivity contribution in [3.8, 4) is 0 Å². The van der Waals surface area contributed by atoms with Crippen LogP contribution in [0.5, 0.6) is 0 Å². The highest BCUT2D eigenvalue weighted by atomic mass is 16.4. The molecule has 0 spiro atoms. The molecule has 0 saturated heterocycles. The van der Waals surface area contributed by atoms with Gasteiger partial charge in [0.15, 0.2) is 5.78 Å². The molecule has 0 aliphatic heterocycles. The van der Waals surface area contributed by atoms with Gasteiger partial charge >= 0.3 is 0 Å². The zero-order valence-corrected chi connectivity index (χ0v) is 11.4. The molecule has 4 aliphatic rings. The molecular formula is C16H21NO2. The van der Waals surface area contributed by atoms with Crippen LogP contribution in [0.25, 0.3) is 0 Å². The van der Waals surface area contributed by atoms with Gasteiger partial charge in [0.25, 0.3) is 0 Å². The van der Waals surface area contributed by atoms with Crippen molar-refractivity contribution in [3.63, 3.8) is 0 Å². The third-order valence-electron chi connectivity index (χ3n) is 5.68. The van der Waals surface area contributed by atoms with Crippen molar-refractivity contribution in [3.05, 3.63) is 17.4 Å². The molecule has 0 aromatic carbocycles. The lowest BCUT2D eigenvalue weighted by molar-refractivity contribution is -0.0250. The summed E-state index contributed by atoms with van der Waals surface area (Å²) in [4.78, 5) is 12.8. The fourth-order valence-electron chi connectivity index (χ4n) is 5.26. The molecule has 0 atom stereocenters. The van der Waals surface area contributed by atoms with Crippen molar-refractivity contribution in [2.75, 3.05) is 5.73 Å².